The molecular formula is C21H16F3N3O5. The highest BCUT2D eigenvalue weighted by Gasteiger charge is 2.26. The number of hydrogen-bond donors (Lipinski definition) is 3. The van der Waals surface area contributed by atoms with Gasteiger partial charge >= 0.3 is 12.0 Å². The van der Waals surface area contributed by atoms with Gasteiger partial charge in [-0.3, -0.25) is 4.98 Å². The fourth-order valence-corrected chi connectivity index (χ4v) is 3.02. The van der Waals surface area contributed by atoms with Crippen molar-refractivity contribution in [2.45, 2.75) is 18.9 Å². The van der Waals surface area contributed by atoms with Crippen molar-refractivity contribution in [2.75, 3.05) is 12.4 Å². The van der Waals surface area contributed by atoms with Gasteiger partial charge < -0.3 is 25.2 Å². The molecule has 3 aromatic rings. The first-order valence-corrected chi connectivity index (χ1v) is 9.41. The van der Waals surface area contributed by atoms with Crippen molar-refractivity contribution in [2.24, 2.45) is 0 Å². The van der Waals surface area contributed by atoms with E-state index in [-0.39, 0.29) is 34.0 Å². The smallest absolute Gasteiger partial charge is 0.339 e. The van der Waals surface area contributed by atoms with Crippen LogP contribution in [0.5, 0.6) is 17.2 Å². The number of aromatic nitrogens is 1. The molecule has 1 aliphatic rings. The molecule has 0 bridgehead atoms. The molecule has 0 radical (unpaired) electrons. The Labute approximate surface area is 179 Å². The van der Waals surface area contributed by atoms with Gasteiger partial charge in [-0.1, -0.05) is 0 Å². The second-order valence-electron chi connectivity index (χ2n) is 7.02. The number of methoxy groups -OCH3 is 1. The van der Waals surface area contributed by atoms with Gasteiger partial charge in [0.25, 0.3) is 0 Å². The minimum atomic E-state index is -1.66. The Balaban J connectivity index is 1.70. The molecule has 2 aromatic carbocycles. The van der Waals surface area contributed by atoms with Crippen molar-refractivity contribution in [3.63, 3.8) is 0 Å². The van der Waals surface area contributed by atoms with Crippen molar-refractivity contribution >= 4 is 28.6 Å². The molecular weight excluding hydrogens is 431 g/mol. The van der Waals surface area contributed by atoms with E-state index in [4.69, 9.17) is 9.47 Å². The van der Waals surface area contributed by atoms with Gasteiger partial charge in [-0.2, -0.15) is 4.39 Å². The quantitative estimate of drug-likeness (QED) is 0.482. The zero-order chi connectivity index (χ0) is 23.0. The number of nitrogens with one attached hydrogen (secondary N) is 2. The van der Waals surface area contributed by atoms with Gasteiger partial charge in [0.2, 0.25) is 11.6 Å². The number of benzene rings is 2. The maximum Gasteiger partial charge on any atom is 0.339 e. The van der Waals surface area contributed by atoms with E-state index in [1.165, 1.54) is 31.5 Å². The standard InChI is InChI=1S/C21H16F3N3O5/c1-31-16-8-13-10(6-11(16)20(28)29)15(4-5-25-13)32-19-12(22)7-14(17(23)18(19)24)27-21(30)26-9-2-3-9/h4-9H,2-3H2,1H3,(H,28,29)(H2,26,27,30). The first-order chi connectivity index (χ1) is 15.3. The lowest BCUT2D eigenvalue weighted by atomic mass is 10.1. The summed E-state index contributed by atoms with van der Waals surface area (Å²) in [5.74, 6) is -6.95. The Morgan fingerprint density at radius 3 is 2.53 bits per heavy atom. The molecule has 0 saturated heterocycles. The van der Waals surface area contributed by atoms with E-state index in [2.05, 4.69) is 15.6 Å². The molecule has 1 saturated carbocycles. The van der Waals surface area contributed by atoms with E-state index >= 15 is 0 Å². The number of aromatic carboxylic acids is 1. The summed E-state index contributed by atoms with van der Waals surface area (Å²) in [5.41, 5.74) is -0.699. The number of anilines is 1. The van der Waals surface area contributed by atoms with Crippen LogP contribution in [0.1, 0.15) is 23.2 Å². The zero-order valence-corrected chi connectivity index (χ0v) is 16.5. The molecule has 4 rings (SSSR count). The lowest BCUT2D eigenvalue weighted by molar-refractivity contribution is 0.0693. The minimum absolute atomic E-state index is 0.0259. The number of carboxylic acids is 1. The summed E-state index contributed by atoms with van der Waals surface area (Å²) >= 11 is 0. The molecule has 0 unspecified atom stereocenters. The summed E-state index contributed by atoms with van der Waals surface area (Å²) in [5, 5.41) is 14.1. The number of ether oxygens (including phenoxy) is 2. The number of rotatable bonds is 6. The minimum Gasteiger partial charge on any atom is -0.496 e. The summed E-state index contributed by atoms with van der Waals surface area (Å²) in [6.07, 6.45) is 2.82. The zero-order valence-electron chi connectivity index (χ0n) is 16.5. The number of carboxylic acid groups (broad SMARTS) is 1. The number of urea groups is 1. The third-order valence-electron chi connectivity index (χ3n) is 4.74. The van der Waals surface area contributed by atoms with Crippen molar-refractivity contribution in [1.29, 1.82) is 0 Å². The Hall–Kier alpha value is -4.02. The maximum atomic E-state index is 14.6. The highest BCUT2D eigenvalue weighted by molar-refractivity contribution is 5.98. The second-order valence-corrected chi connectivity index (χ2v) is 7.02. The predicted octanol–water partition coefficient (Wildman–Crippen LogP) is 4.44. The number of halogens is 3. The van der Waals surface area contributed by atoms with Crippen LogP contribution >= 0.6 is 0 Å². The average molecular weight is 447 g/mol. The number of nitrogens with zero attached hydrogens (tertiary/aromatic N) is 1. The normalized spacial score (nSPS) is 13.0. The monoisotopic (exact) mass is 447 g/mol. The molecule has 0 atom stereocenters. The fourth-order valence-electron chi connectivity index (χ4n) is 3.02. The number of carbonyl (C=O) groups is 2. The van der Waals surface area contributed by atoms with Gasteiger partial charge in [0, 0.05) is 29.8 Å². The van der Waals surface area contributed by atoms with Crippen molar-refractivity contribution < 1.29 is 37.3 Å². The number of carbonyl (C=O) groups excluding carboxylic acids is 1. The lowest BCUT2D eigenvalue weighted by Gasteiger charge is -2.14. The summed E-state index contributed by atoms with van der Waals surface area (Å²) in [6.45, 7) is 0. The molecule has 1 heterocycles. The largest absolute Gasteiger partial charge is 0.496 e. The number of fused-ring (bicyclic) bond motifs is 1. The van der Waals surface area contributed by atoms with Crippen molar-refractivity contribution in [3.8, 4) is 17.2 Å². The third kappa shape index (κ3) is 4.09. The van der Waals surface area contributed by atoms with Crippen LogP contribution in [-0.4, -0.2) is 35.2 Å². The van der Waals surface area contributed by atoms with E-state index < -0.39 is 40.9 Å². The van der Waals surface area contributed by atoms with Gasteiger partial charge in [0.15, 0.2) is 11.6 Å². The number of pyridine rings is 1. The highest BCUT2D eigenvalue weighted by atomic mass is 19.2. The second kappa shape index (κ2) is 8.25. The van der Waals surface area contributed by atoms with Crippen LogP contribution in [-0.2, 0) is 0 Å². The van der Waals surface area contributed by atoms with Crippen LogP contribution in [0.3, 0.4) is 0 Å². The van der Waals surface area contributed by atoms with E-state index in [9.17, 15) is 27.9 Å². The van der Waals surface area contributed by atoms with Crippen LogP contribution < -0.4 is 20.1 Å². The Kier molecular flexibility index (Phi) is 5.47. The average Bonchev–Trinajstić information content (AvgIpc) is 3.57. The first kappa shape index (κ1) is 21.2. The molecule has 1 fully saturated rings. The third-order valence-corrected chi connectivity index (χ3v) is 4.74. The van der Waals surface area contributed by atoms with Gasteiger partial charge in [-0.15, -0.1) is 0 Å². The van der Waals surface area contributed by atoms with Crippen molar-refractivity contribution in [3.05, 3.63) is 53.5 Å². The highest BCUT2D eigenvalue weighted by Crippen LogP contribution is 2.37. The van der Waals surface area contributed by atoms with Crippen LogP contribution in [0.25, 0.3) is 10.9 Å². The molecule has 0 spiro atoms. The molecule has 8 nitrogen and oxygen atoms in total. The van der Waals surface area contributed by atoms with Crippen LogP contribution in [0.4, 0.5) is 23.7 Å². The molecule has 2 amide bonds. The van der Waals surface area contributed by atoms with Crippen LogP contribution in [0.2, 0.25) is 0 Å². The number of hydrogen-bond acceptors (Lipinski definition) is 5. The summed E-state index contributed by atoms with van der Waals surface area (Å²) in [7, 11) is 1.28. The molecule has 0 aliphatic heterocycles. The summed E-state index contributed by atoms with van der Waals surface area (Å²) in [6, 6.07) is 3.51. The van der Waals surface area contributed by atoms with Gasteiger partial charge in [0.05, 0.1) is 18.3 Å². The Morgan fingerprint density at radius 1 is 1.12 bits per heavy atom. The maximum absolute atomic E-state index is 14.6. The summed E-state index contributed by atoms with van der Waals surface area (Å²) < 4.78 is 54.0. The van der Waals surface area contributed by atoms with E-state index in [1.54, 1.807) is 0 Å². The SMILES string of the molecule is COc1cc2nccc(Oc3c(F)cc(NC(=O)NC4CC4)c(F)c3F)c2cc1C(=O)O. The van der Waals surface area contributed by atoms with E-state index in [1.807, 2.05) is 0 Å². The summed E-state index contributed by atoms with van der Waals surface area (Å²) in [4.78, 5) is 27.3. The first-order valence-electron chi connectivity index (χ1n) is 9.41. The number of amides is 2. The molecule has 1 aliphatic carbocycles. The van der Waals surface area contributed by atoms with Gasteiger partial charge in [-0.05, 0) is 25.0 Å². The lowest BCUT2D eigenvalue weighted by Crippen LogP contribution is -2.30. The van der Waals surface area contributed by atoms with Gasteiger partial charge in [0.1, 0.15) is 17.1 Å². The van der Waals surface area contributed by atoms with Crippen molar-refractivity contribution in [1.82, 2.24) is 10.3 Å². The molecule has 32 heavy (non-hydrogen) atoms. The van der Waals surface area contributed by atoms with E-state index in [0.29, 0.717) is 6.07 Å². The van der Waals surface area contributed by atoms with E-state index in [0.717, 1.165) is 12.8 Å². The molecule has 3 N–H and O–H groups in total. The predicted molar refractivity (Wildman–Crippen MR) is 107 cm³/mol. The molecule has 11 heteroatoms. The molecule has 1 aromatic heterocycles. The topological polar surface area (TPSA) is 110 Å². The van der Waals surface area contributed by atoms with Crippen LogP contribution in [0, 0.1) is 17.5 Å². The van der Waals surface area contributed by atoms with Gasteiger partial charge in [-0.25, -0.2) is 18.4 Å². The Bertz CT molecular complexity index is 1250. The van der Waals surface area contributed by atoms with Crippen LogP contribution in [0.15, 0.2) is 30.5 Å². The Morgan fingerprint density at radius 2 is 1.88 bits per heavy atom. The fraction of sp³-hybridized carbons (Fsp3) is 0.190. The molecule has 166 valence electrons.